The molecule has 2 aliphatic rings. The van der Waals surface area contributed by atoms with Crippen molar-refractivity contribution in [3.05, 3.63) is 54.1 Å². The van der Waals surface area contributed by atoms with Crippen molar-refractivity contribution in [3.63, 3.8) is 0 Å². The van der Waals surface area contributed by atoms with Gasteiger partial charge in [0.2, 0.25) is 5.91 Å². The summed E-state index contributed by atoms with van der Waals surface area (Å²) < 4.78 is 40.8. The molecule has 164 valence electrons. The summed E-state index contributed by atoms with van der Waals surface area (Å²) in [6, 6.07) is 12.5. The standard InChI is InChI=1S/C22H22F3N3O3/c1-15-2-4-17(5-3-15)28-20(29)14-19(21(28)30)27-12-10-26(11-13-27)16-6-8-18(9-7-16)31-22(23,24)25/h2-9,19H,10-14H2,1H3. The second-order valence-corrected chi connectivity index (χ2v) is 7.69. The van der Waals surface area contributed by atoms with Gasteiger partial charge in [0.1, 0.15) is 5.75 Å². The average Bonchev–Trinajstić information content (AvgIpc) is 3.02. The van der Waals surface area contributed by atoms with Crippen LogP contribution in [0.5, 0.6) is 5.75 Å². The number of benzene rings is 2. The molecule has 2 aromatic rings. The van der Waals surface area contributed by atoms with E-state index < -0.39 is 12.4 Å². The van der Waals surface area contributed by atoms with Crippen LogP contribution in [-0.2, 0) is 9.59 Å². The van der Waals surface area contributed by atoms with Gasteiger partial charge in [-0.1, -0.05) is 17.7 Å². The van der Waals surface area contributed by atoms with Gasteiger partial charge in [0.05, 0.1) is 18.2 Å². The molecule has 0 aliphatic carbocycles. The molecule has 31 heavy (non-hydrogen) atoms. The molecule has 0 radical (unpaired) electrons. The SMILES string of the molecule is Cc1ccc(N2C(=O)CC(N3CCN(c4ccc(OC(F)(F)F)cc4)CC3)C2=O)cc1. The Morgan fingerprint density at radius 2 is 1.45 bits per heavy atom. The van der Waals surface area contributed by atoms with Gasteiger partial charge in [-0.15, -0.1) is 13.2 Å². The molecule has 0 N–H and O–H groups in total. The number of nitrogens with zero attached hydrogens (tertiary/aromatic N) is 3. The Morgan fingerprint density at radius 1 is 0.871 bits per heavy atom. The average molecular weight is 433 g/mol. The van der Waals surface area contributed by atoms with E-state index in [0.29, 0.717) is 31.9 Å². The number of halogens is 3. The van der Waals surface area contributed by atoms with Crippen LogP contribution in [-0.4, -0.2) is 55.3 Å². The third-order valence-electron chi connectivity index (χ3n) is 5.61. The van der Waals surface area contributed by atoms with Gasteiger partial charge in [0.15, 0.2) is 0 Å². The highest BCUT2D eigenvalue weighted by molar-refractivity contribution is 6.22. The van der Waals surface area contributed by atoms with Crippen molar-refractivity contribution in [1.29, 1.82) is 0 Å². The van der Waals surface area contributed by atoms with Crippen LogP contribution in [0.1, 0.15) is 12.0 Å². The van der Waals surface area contributed by atoms with E-state index in [0.717, 1.165) is 11.3 Å². The zero-order chi connectivity index (χ0) is 22.2. The summed E-state index contributed by atoms with van der Waals surface area (Å²) in [5, 5.41) is 0. The number of alkyl halides is 3. The predicted octanol–water partition coefficient (Wildman–Crippen LogP) is 3.35. The summed E-state index contributed by atoms with van der Waals surface area (Å²) in [7, 11) is 0. The number of hydrogen-bond donors (Lipinski definition) is 0. The molecule has 2 saturated heterocycles. The van der Waals surface area contributed by atoms with Gasteiger partial charge >= 0.3 is 6.36 Å². The number of piperazine rings is 1. The Labute approximate surface area is 177 Å². The van der Waals surface area contributed by atoms with Crippen molar-refractivity contribution in [2.45, 2.75) is 25.7 Å². The number of carbonyl (C=O) groups excluding carboxylic acids is 2. The number of anilines is 2. The minimum atomic E-state index is -4.72. The molecule has 2 amide bonds. The van der Waals surface area contributed by atoms with E-state index in [1.54, 1.807) is 24.3 Å². The molecule has 2 fully saturated rings. The largest absolute Gasteiger partial charge is 0.573 e. The summed E-state index contributed by atoms with van der Waals surface area (Å²) in [5.41, 5.74) is 2.42. The molecule has 4 rings (SSSR count). The summed E-state index contributed by atoms with van der Waals surface area (Å²) in [6.07, 6.45) is -4.57. The van der Waals surface area contributed by atoms with Crippen molar-refractivity contribution >= 4 is 23.2 Å². The molecule has 0 saturated carbocycles. The first-order chi connectivity index (χ1) is 14.7. The number of ether oxygens (including phenoxy) is 1. The van der Waals surface area contributed by atoms with Crippen molar-refractivity contribution < 1.29 is 27.5 Å². The Bertz CT molecular complexity index is 953. The van der Waals surface area contributed by atoms with Crippen molar-refractivity contribution in [3.8, 4) is 5.75 Å². The Hall–Kier alpha value is -3.07. The van der Waals surface area contributed by atoms with Crippen LogP contribution in [0.4, 0.5) is 24.5 Å². The summed E-state index contributed by atoms with van der Waals surface area (Å²) in [4.78, 5) is 30.8. The van der Waals surface area contributed by atoms with Crippen LogP contribution in [0.2, 0.25) is 0 Å². The van der Waals surface area contributed by atoms with Crippen LogP contribution in [0.3, 0.4) is 0 Å². The highest BCUT2D eigenvalue weighted by atomic mass is 19.4. The van der Waals surface area contributed by atoms with Crippen LogP contribution >= 0.6 is 0 Å². The molecular weight excluding hydrogens is 411 g/mol. The van der Waals surface area contributed by atoms with E-state index in [1.807, 2.05) is 28.9 Å². The number of aryl methyl sites for hydroxylation is 1. The molecule has 6 nitrogen and oxygen atoms in total. The monoisotopic (exact) mass is 433 g/mol. The lowest BCUT2D eigenvalue weighted by atomic mass is 10.1. The fourth-order valence-corrected chi connectivity index (χ4v) is 4.02. The normalized spacial score (nSPS) is 20.5. The van der Waals surface area contributed by atoms with Crippen LogP contribution in [0.15, 0.2) is 48.5 Å². The van der Waals surface area contributed by atoms with Gasteiger partial charge in [-0.25, -0.2) is 4.90 Å². The second-order valence-electron chi connectivity index (χ2n) is 7.69. The maximum atomic E-state index is 12.9. The third-order valence-corrected chi connectivity index (χ3v) is 5.61. The number of rotatable bonds is 4. The van der Waals surface area contributed by atoms with Gasteiger partial charge in [-0.05, 0) is 43.3 Å². The lowest BCUT2D eigenvalue weighted by Crippen LogP contribution is -2.52. The third kappa shape index (κ3) is 4.66. The molecule has 1 atom stereocenters. The van der Waals surface area contributed by atoms with E-state index >= 15 is 0 Å². The van der Waals surface area contributed by atoms with Crippen molar-refractivity contribution in [2.75, 3.05) is 36.0 Å². The maximum Gasteiger partial charge on any atom is 0.573 e. The zero-order valence-corrected chi connectivity index (χ0v) is 16.9. The zero-order valence-electron chi connectivity index (χ0n) is 16.9. The molecule has 0 bridgehead atoms. The van der Waals surface area contributed by atoms with Gasteiger partial charge in [0, 0.05) is 31.9 Å². The first-order valence-corrected chi connectivity index (χ1v) is 9.99. The van der Waals surface area contributed by atoms with Gasteiger partial charge in [-0.3, -0.25) is 14.5 Å². The molecular formula is C22H22F3N3O3. The first kappa shape index (κ1) is 21.2. The summed E-state index contributed by atoms with van der Waals surface area (Å²) >= 11 is 0. The van der Waals surface area contributed by atoms with E-state index in [9.17, 15) is 22.8 Å². The summed E-state index contributed by atoms with van der Waals surface area (Å²) in [6.45, 7) is 4.29. The topological polar surface area (TPSA) is 53.1 Å². The maximum absolute atomic E-state index is 12.9. The number of hydrogen-bond acceptors (Lipinski definition) is 5. The lowest BCUT2D eigenvalue weighted by Gasteiger charge is -2.38. The van der Waals surface area contributed by atoms with Crippen LogP contribution in [0.25, 0.3) is 0 Å². The fraction of sp³-hybridized carbons (Fsp3) is 0.364. The highest BCUT2D eigenvalue weighted by Gasteiger charge is 2.43. The minimum Gasteiger partial charge on any atom is -0.406 e. The molecule has 0 spiro atoms. The highest BCUT2D eigenvalue weighted by Crippen LogP contribution is 2.29. The van der Waals surface area contributed by atoms with Crippen LogP contribution < -0.4 is 14.5 Å². The van der Waals surface area contributed by atoms with Gasteiger partial charge in [0.25, 0.3) is 5.91 Å². The quantitative estimate of drug-likeness (QED) is 0.693. The van der Waals surface area contributed by atoms with Crippen molar-refractivity contribution in [2.24, 2.45) is 0 Å². The predicted molar refractivity (Wildman–Crippen MR) is 109 cm³/mol. The Morgan fingerprint density at radius 3 is 2.03 bits per heavy atom. The van der Waals surface area contributed by atoms with Gasteiger partial charge in [-0.2, -0.15) is 0 Å². The van der Waals surface area contributed by atoms with E-state index in [1.165, 1.54) is 17.0 Å². The Kier molecular flexibility index (Phi) is 5.62. The van der Waals surface area contributed by atoms with Crippen LogP contribution in [0, 0.1) is 6.92 Å². The first-order valence-electron chi connectivity index (χ1n) is 9.99. The number of amides is 2. The fourth-order valence-electron chi connectivity index (χ4n) is 4.02. The lowest BCUT2D eigenvalue weighted by molar-refractivity contribution is -0.274. The summed E-state index contributed by atoms with van der Waals surface area (Å²) in [5.74, 6) is -0.682. The molecule has 2 aliphatic heterocycles. The molecule has 2 aromatic carbocycles. The molecule has 9 heteroatoms. The number of imide groups is 1. The second kappa shape index (κ2) is 8.22. The minimum absolute atomic E-state index is 0.149. The molecule has 1 unspecified atom stereocenters. The number of carbonyl (C=O) groups is 2. The van der Waals surface area contributed by atoms with Crippen molar-refractivity contribution in [1.82, 2.24) is 4.90 Å². The molecule has 0 aromatic heterocycles. The smallest absolute Gasteiger partial charge is 0.406 e. The Balaban J connectivity index is 1.37. The van der Waals surface area contributed by atoms with E-state index in [4.69, 9.17) is 0 Å². The van der Waals surface area contributed by atoms with E-state index in [2.05, 4.69) is 4.74 Å². The van der Waals surface area contributed by atoms with Gasteiger partial charge < -0.3 is 9.64 Å². The van der Waals surface area contributed by atoms with E-state index in [-0.39, 0.29) is 24.0 Å². The molecule has 2 heterocycles.